The number of aromatic nitrogens is 1. The number of fused-ring (bicyclic) bond motifs is 1. The molecule has 1 nitrogen and oxygen atoms in total. The molecule has 30 heavy (non-hydrogen) atoms. The van der Waals surface area contributed by atoms with Gasteiger partial charge >= 0.3 is 0 Å². The molecule has 0 bridgehead atoms. The first-order valence-electron chi connectivity index (χ1n) is 10.3. The average molecular weight is 406 g/mol. The van der Waals surface area contributed by atoms with Crippen LogP contribution in [0.25, 0.3) is 43.0 Å². The molecule has 0 fully saturated rings. The molecule has 2 heterocycles. The van der Waals surface area contributed by atoms with Crippen molar-refractivity contribution >= 4 is 21.6 Å². The number of pyridine rings is 1. The second kappa shape index (κ2) is 7.89. The quantitative estimate of drug-likeness (QED) is 0.292. The van der Waals surface area contributed by atoms with E-state index in [-0.39, 0.29) is 0 Å². The monoisotopic (exact) mass is 405 g/mol. The Bertz CT molecular complexity index is 1300. The van der Waals surface area contributed by atoms with Crippen LogP contribution in [0.2, 0.25) is 0 Å². The first-order valence-corrected chi connectivity index (χ1v) is 11.2. The minimum atomic E-state index is 0.553. The topological polar surface area (TPSA) is 12.9 Å². The van der Waals surface area contributed by atoms with E-state index in [1.54, 1.807) is 11.3 Å². The maximum absolute atomic E-state index is 4.99. The van der Waals surface area contributed by atoms with Crippen LogP contribution in [0.3, 0.4) is 0 Å². The van der Waals surface area contributed by atoms with E-state index in [2.05, 4.69) is 105 Å². The Morgan fingerprint density at radius 1 is 0.633 bits per heavy atom. The van der Waals surface area contributed by atoms with E-state index in [4.69, 9.17) is 4.98 Å². The molecule has 0 amide bonds. The molecule has 0 atom stereocenters. The molecule has 2 heteroatoms. The van der Waals surface area contributed by atoms with E-state index < -0.39 is 0 Å². The van der Waals surface area contributed by atoms with Gasteiger partial charge in [-0.15, -0.1) is 11.3 Å². The van der Waals surface area contributed by atoms with Gasteiger partial charge in [-0.2, -0.15) is 0 Å². The molecule has 0 N–H and O–H groups in total. The zero-order valence-electron chi connectivity index (χ0n) is 17.2. The Hall–Kier alpha value is -3.23. The summed E-state index contributed by atoms with van der Waals surface area (Å²) in [6.07, 6.45) is 0. The summed E-state index contributed by atoms with van der Waals surface area (Å²) in [7, 11) is 0. The maximum atomic E-state index is 4.99. The standard InChI is InChI=1S/C28H23NS/c1-19(2)20-11-13-22(14-12-20)27-18-25-15-16-26(29-28(25)30-27)24-10-6-9-23(17-24)21-7-4-3-5-8-21/h3-19H,1-2H3. The summed E-state index contributed by atoms with van der Waals surface area (Å²) in [4.78, 5) is 7.34. The van der Waals surface area contributed by atoms with Crippen molar-refractivity contribution in [2.75, 3.05) is 0 Å². The molecular weight excluding hydrogens is 382 g/mol. The molecule has 0 radical (unpaired) electrons. The second-order valence-electron chi connectivity index (χ2n) is 7.93. The lowest BCUT2D eigenvalue weighted by Crippen LogP contribution is -1.85. The van der Waals surface area contributed by atoms with Gasteiger partial charge in [-0.3, -0.25) is 0 Å². The summed E-state index contributed by atoms with van der Waals surface area (Å²) in [6, 6.07) is 34.6. The van der Waals surface area contributed by atoms with Gasteiger partial charge in [0.2, 0.25) is 0 Å². The molecule has 0 aliphatic rings. The van der Waals surface area contributed by atoms with Crippen LogP contribution in [-0.4, -0.2) is 4.98 Å². The third-order valence-electron chi connectivity index (χ3n) is 5.51. The van der Waals surface area contributed by atoms with E-state index in [1.807, 2.05) is 6.07 Å². The van der Waals surface area contributed by atoms with Crippen molar-refractivity contribution in [1.29, 1.82) is 0 Å². The number of benzene rings is 3. The molecule has 0 spiro atoms. The number of thiophene rings is 1. The normalized spacial score (nSPS) is 11.3. The second-order valence-corrected chi connectivity index (χ2v) is 8.96. The molecule has 5 rings (SSSR count). The number of rotatable bonds is 4. The van der Waals surface area contributed by atoms with Crippen LogP contribution >= 0.6 is 11.3 Å². The van der Waals surface area contributed by atoms with Gasteiger partial charge in [-0.1, -0.05) is 86.6 Å². The highest BCUT2D eigenvalue weighted by Crippen LogP contribution is 2.35. The SMILES string of the molecule is CC(C)c1ccc(-c2cc3ccc(-c4cccc(-c5ccccc5)c4)nc3s2)cc1. The molecule has 3 aromatic carbocycles. The highest BCUT2D eigenvalue weighted by atomic mass is 32.1. The molecule has 0 unspecified atom stereocenters. The van der Waals surface area contributed by atoms with Gasteiger partial charge in [0.25, 0.3) is 0 Å². The maximum Gasteiger partial charge on any atom is 0.124 e. The Morgan fingerprint density at radius 2 is 1.37 bits per heavy atom. The highest BCUT2D eigenvalue weighted by Gasteiger charge is 2.09. The van der Waals surface area contributed by atoms with E-state index >= 15 is 0 Å². The Balaban J connectivity index is 1.50. The lowest BCUT2D eigenvalue weighted by molar-refractivity contribution is 0.867. The molecule has 0 saturated carbocycles. The summed E-state index contributed by atoms with van der Waals surface area (Å²) >= 11 is 1.76. The van der Waals surface area contributed by atoms with Crippen LogP contribution in [0, 0.1) is 0 Å². The largest absolute Gasteiger partial charge is 0.237 e. The van der Waals surface area contributed by atoms with Crippen molar-refractivity contribution in [2.45, 2.75) is 19.8 Å². The van der Waals surface area contributed by atoms with Crippen LogP contribution in [-0.2, 0) is 0 Å². The third-order valence-corrected chi connectivity index (χ3v) is 6.60. The van der Waals surface area contributed by atoms with E-state index in [0.29, 0.717) is 5.92 Å². The summed E-state index contributed by atoms with van der Waals surface area (Å²) in [6.45, 7) is 4.46. The Morgan fingerprint density at radius 3 is 2.13 bits per heavy atom. The summed E-state index contributed by atoms with van der Waals surface area (Å²) in [5.74, 6) is 0.553. The molecule has 5 aromatic rings. The van der Waals surface area contributed by atoms with Crippen molar-refractivity contribution in [1.82, 2.24) is 4.98 Å². The highest BCUT2D eigenvalue weighted by molar-refractivity contribution is 7.21. The van der Waals surface area contributed by atoms with Gasteiger partial charge in [-0.05, 0) is 52.4 Å². The van der Waals surface area contributed by atoms with Crippen LogP contribution in [0.15, 0.2) is 97.1 Å². The Labute approximate surface area is 181 Å². The number of hydrogen-bond acceptors (Lipinski definition) is 2. The lowest BCUT2D eigenvalue weighted by Gasteiger charge is -2.05. The summed E-state index contributed by atoms with van der Waals surface area (Å²) < 4.78 is 0. The van der Waals surface area contributed by atoms with Crippen molar-refractivity contribution in [3.8, 4) is 32.8 Å². The number of nitrogens with zero attached hydrogens (tertiary/aromatic N) is 1. The van der Waals surface area contributed by atoms with E-state index in [1.165, 1.54) is 32.5 Å². The lowest BCUT2D eigenvalue weighted by atomic mass is 10.0. The van der Waals surface area contributed by atoms with Crippen LogP contribution in [0.4, 0.5) is 0 Å². The van der Waals surface area contributed by atoms with Gasteiger partial charge in [0.1, 0.15) is 4.83 Å². The molecule has 0 aliphatic heterocycles. The van der Waals surface area contributed by atoms with Crippen molar-refractivity contribution in [3.63, 3.8) is 0 Å². The van der Waals surface area contributed by atoms with Gasteiger partial charge in [0.05, 0.1) is 5.69 Å². The Kier molecular flexibility index (Phi) is 4.94. The minimum Gasteiger partial charge on any atom is -0.237 e. The number of hydrogen-bond donors (Lipinski definition) is 0. The fourth-order valence-electron chi connectivity index (χ4n) is 3.74. The molecule has 146 valence electrons. The summed E-state index contributed by atoms with van der Waals surface area (Å²) in [5, 5.41) is 1.20. The van der Waals surface area contributed by atoms with Gasteiger partial charge in [0, 0.05) is 15.8 Å². The first kappa shape index (κ1) is 18.8. The van der Waals surface area contributed by atoms with Crippen LogP contribution in [0.5, 0.6) is 0 Å². The predicted molar refractivity (Wildman–Crippen MR) is 130 cm³/mol. The van der Waals surface area contributed by atoms with Gasteiger partial charge < -0.3 is 0 Å². The molecular formula is C28H23NS. The van der Waals surface area contributed by atoms with Crippen LogP contribution in [0.1, 0.15) is 25.3 Å². The van der Waals surface area contributed by atoms with E-state index in [0.717, 1.165) is 16.1 Å². The van der Waals surface area contributed by atoms with E-state index in [9.17, 15) is 0 Å². The zero-order valence-corrected chi connectivity index (χ0v) is 18.0. The minimum absolute atomic E-state index is 0.553. The van der Waals surface area contributed by atoms with Crippen molar-refractivity contribution in [3.05, 3.63) is 103 Å². The summed E-state index contributed by atoms with van der Waals surface area (Å²) in [5.41, 5.74) is 7.24. The van der Waals surface area contributed by atoms with Crippen molar-refractivity contribution < 1.29 is 0 Å². The fraction of sp³-hybridized carbons (Fsp3) is 0.107. The first-order chi connectivity index (χ1) is 14.7. The third kappa shape index (κ3) is 3.67. The fourth-order valence-corrected chi connectivity index (χ4v) is 4.78. The van der Waals surface area contributed by atoms with Gasteiger partial charge in [0.15, 0.2) is 0 Å². The smallest absolute Gasteiger partial charge is 0.124 e. The van der Waals surface area contributed by atoms with Crippen LogP contribution < -0.4 is 0 Å². The average Bonchev–Trinajstić information content (AvgIpc) is 3.23. The zero-order chi connectivity index (χ0) is 20.5. The predicted octanol–water partition coefficient (Wildman–Crippen LogP) is 8.42. The molecule has 2 aromatic heterocycles. The molecule has 0 aliphatic carbocycles. The molecule has 0 saturated heterocycles. The van der Waals surface area contributed by atoms with Crippen molar-refractivity contribution in [2.24, 2.45) is 0 Å². The van der Waals surface area contributed by atoms with Gasteiger partial charge in [-0.25, -0.2) is 4.98 Å².